The third kappa shape index (κ3) is 5.13. The molecular formula is C52H33NO2. The van der Waals surface area contributed by atoms with Crippen LogP contribution in [0.3, 0.4) is 0 Å². The Bertz CT molecular complexity index is 3190. The van der Waals surface area contributed by atoms with Gasteiger partial charge in [0.2, 0.25) is 0 Å². The van der Waals surface area contributed by atoms with Crippen molar-refractivity contribution in [2.24, 2.45) is 0 Å². The Morgan fingerprint density at radius 2 is 0.855 bits per heavy atom. The van der Waals surface area contributed by atoms with Crippen molar-refractivity contribution in [2.75, 3.05) is 4.90 Å². The van der Waals surface area contributed by atoms with Crippen LogP contribution in [0.1, 0.15) is 0 Å². The van der Waals surface area contributed by atoms with Gasteiger partial charge in [-0.1, -0.05) is 158 Å². The largest absolute Gasteiger partial charge is 0.455 e. The van der Waals surface area contributed by atoms with Gasteiger partial charge in [0.15, 0.2) is 5.58 Å². The fourth-order valence-corrected chi connectivity index (χ4v) is 8.34. The van der Waals surface area contributed by atoms with E-state index in [1.54, 1.807) is 0 Å². The second kappa shape index (κ2) is 12.6. The highest BCUT2D eigenvalue weighted by Gasteiger charge is 2.21. The zero-order valence-corrected chi connectivity index (χ0v) is 29.8. The molecule has 11 aromatic rings. The molecule has 2 aromatic heterocycles. The molecule has 0 saturated carbocycles. The van der Waals surface area contributed by atoms with Crippen LogP contribution in [-0.4, -0.2) is 0 Å². The van der Waals surface area contributed by atoms with Gasteiger partial charge in [0.1, 0.15) is 16.7 Å². The molecule has 11 rings (SSSR count). The number of anilines is 3. The average molecular weight is 704 g/mol. The number of fused-ring (bicyclic) bond motifs is 7. The summed E-state index contributed by atoms with van der Waals surface area (Å²) < 4.78 is 13.4. The van der Waals surface area contributed by atoms with Crippen molar-refractivity contribution in [1.29, 1.82) is 0 Å². The minimum absolute atomic E-state index is 0.832. The standard InChI is InChI=1S/C52H33NO2/c1-3-13-34(14-4-1)40-20-9-17-37-18-10-21-41(50(37)40)36-27-29-38(30-28-36)53(47-25-12-24-46-43-19-7-8-26-48(43)54-52(46)47)39-31-32-44-45-23-11-22-42(35-15-5-2-6-16-35)51(45)55-49(44)33-39/h1-33H. The molecule has 9 aromatic carbocycles. The molecule has 0 fully saturated rings. The van der Waals surface area contributed by atoms with Gasteiger partial charge in [-0.2, -0.15) is 0 Å². The quantitative estimate of drug-likeness (QED) is 0.173. The average Bonchev–Trinajstić information content (AvgIpc) is 3.83. The van der Waals surface area contributed by atoms with Crippen molar-refractivity contribution in [3.63, 3.8) is 0 Å². The molecule has 3 heteroatoms. The van der Waals surface area contributed by atoms with Crippen molar-refractivity contribution >= 4 is 71.7 Å². The first-order valence-corrected chi connectivity index (χ1v) is 18.7. The van der Waals surface area contributed by atoms with E-state index in [0.29, 0.717) is 0 Å². The molecule has 0 bridgehead atoms. The lowest BCUT2D eigenvalue weighted by atomic mass is 9.91. The number of hydrogen-bond donors (Lipinski definition) is 0. The SMILES string of the molecule is c1ccc(-c2cccc3c2oc2cc(N(c4ccc(-c5cccc6cccc(-c7ccccc7)c56)cc4)c4cccc5c4oc4ccccc45)ccc23)cc1. The molecule has 0 aliphatic rings. The molecule has 0 aliphatic heterocycles. The van der Waals surface area contributed by atoms with E-state index in [1.807, 2.05) is 18.2 Å². The van der Waals surface area contributed by atoms with Crippen LogP contribution in [0.5, 0.6) is 0 Å². The van der Waals surface area contributed by atoms with E-state index < -0.39 is 0 Å². The van der Waals surface area contributed by atoms with Gasteiger partial charge in [0, 0.05) is 38.9 Å². The van der Waals surface area contributed by atoms with Crippen LogP contribution >= 0.6 is 0 Å². The minimum Gasteiger partial charge on any atom is -0.455 e. The first-order valence-electron chi connectivity index (χ1n) is 18.7. The summed E-state index contributed by atoms with van der Waals surface area (Å²) in [6, 6.07) is 70.8. The van der Waals surface area contributed by atoms with E-state index in [0.717, 1.165) is 77.6 Å². The lowest BCUT2D eigenvalue weighted by Gasteiger charge is -2.26. The minimum atomic E-state index is 0.832. The Labute approximate surface area is 317 Å². The third-order valence-electron chi connectivity index (χ3n) is 10.9. The highest BCUT2D eigenvalue weighted by atomic mass is 16.3. The Kier molecular flexibility index (Phi) is 7.17. The van der Waals surface area contributed by atoms with Crippen LogP contribution in [0.4, 0.5) is 17.1 Å². The van der Waals surface area contributed by atoms with Crippen molar-refractivity contribution in [3.05, 3.63) is 200 Å². The smallest absolute Gasteiger partial charge is 0.159 e. The Morgan fingerprint density at radius 3 is 1.60 bits per heavy atom. The van der Waals surface area contributed by atoms with E-state index in [9.17, 15) is 0 Å². The zero-order valence-electron chi connectivity index (χ0n) is 29.8. The lowest BCUT2D eigenvalue weighted by molar-refractivity contribution is 0.668. The molecule has 55 heavy (non-hydrogen) atoms. The van der Waals surface area contributed by atoms with Crippen LogP contribution in [0.25, 0.3) is 88.0 Å². The van der Waals surface area contributed by atoms with Gasteiger partial charge in [-0.15, -0.1) is 0 Å². The van der Waals surface area contributed by atoms with Gasteiger partial charge in [0.05, 0.1) is 11.4 Å². The van der Waals surface area contributed by atoms with Gasteiger partial charge in [-0.05, 0) is 75.0 Å². The van der Waals surface area contributed by atoms with Crippen LogP contribution < -0.4 is 4.90 Å². The number of para-hydroxylation sites is 3. The molecule has 0 unspecified atom stereocenters. The summed E-state index contributed by atoms with van der Waals surface area (Å²) in [5.41, 5.74) is 13.4. The van der Waals surface area contributed by atoms with E-state index in [-0.39, 0.29) is 0 Å². The normalized spacial score (nSPS) is 11.6. The van der Waals surface area contributed by atoms with E-state index in [2.05, 4.69) is 187 Å². The van der Waals surface area contributed by atoms with E-state index in [1.165, 1.54) is 27.5 Å². The lowest BCUT2D eigenvalue weighted by Crippen LogP contribution is -2.10. The second-order valence-electron chi connectivity index (χ2n) is 14.0. The number of nitrogens with zero attached hydrogens (tertiary/aromatic N) is 1. The molecule has 258 valence electrons. The molecule has 3 nitrogen and oxygen atoms in total. The fraction of sp³-hybridized carbons (Fsp3) is 0. The maximum Gasteiger partial charge on any atom is 0.159 e. The van der Waals surface area contributed by atoms with Crippen molar-refractivity contribution < 1.29 is 8.83 Å². The summed E-state index contributed by atoms with van der Waals surface area (Å²) in [7, 11) is 0. The molecule has 0 aliphatic carbocycles. The number of benzene rings is 9. The van der Waals surface area contributed by atoms with Crippen LogP contribution in [0.2, 0.25) is 0 Å². The number of hydrogen-bond acceptors (Lipinski definition) is 3. The van der Waals surface area contributed by atoms with E-state index >= 15 is 0 Å². The topological polar surface area (TPSA) is 29.5 Å². The van der Waals surface area contributed by atoms with Crippen molar-refractivity contribution in [3.8, 4) is 33.4 Å². The predicted molar refractivity (Wildman–Crippen MR) is 229 cm³/mol. The maximum absolute atomic E-state index is 6.75. The third-order valence-corrected chi connectivity index (χ3v) is 10.9. The van der Waals surface area contributed by atoms with E-state index in [4.69, 9.17) is 8.83 Å². The molecular weight excluding hydrogens is 671 g/mol. The summed E-state index contributed by atoms with van der Waals surface area (Å²) >= 11 is 0. The van der Waals surface area contributed by atoms with Crippen LogP contribution in [-0.2, 0) is 0 Å². The second-order valence-corrected chi connectivity index (χ2v) is 14.0. The van der Waals surface area contributed by atoms with Crippen molar-refractivity contribution in [1.82, 2.24) is 0 Å². The van der Waals surface area contributed by atoms with Crippen LogP contribution in [0, 0.1) is 0 Å². The van der Waals surface area contributed by atoms with Crippen LogP contribution in [0.15, 0.2) is 209 Å². The summed E-state index contributed by atoms with van der Waals surface area (Å²) in [4.78, 5) is 2.29. The Balaban J connectivity index is 1.10. The Hall–Kier alpha value is -7.36. The van der Waals surface area contributed by atoms with Gasteiger partial charge in [0.25, 0.3) is 0 Å². The molecule has 0 radical (unpaired) electrons. The maximum atomic E-state index is 6.75. The first-order chi connectivity index (χ1) is 27.3. The molecule has 0 amide bonds. The number of rotatable bonds is 6. The van der Waals surface area contributed by atoms with Gasteiger partial charge >= 0.3 is 0 Å². The summed E-state index contributed by atoms with van der Waals surface area (Å²) in [5, 5.41) is 6.83. The van der Waals surface area contributed by atoms with Gasteiger partial charge in [-0.25, -0.2) is 0 Å². The molecule has 0 spiro atoms. The molecule has 0 atom stereocenters. The first kappa shape index (κ1) is 31.2. The van der Waals surface area contributed by atoms with Crippen molar-refractivity contribution in [2.45, 2.75) is 0 Å². The van der Waals surface area contributed by atoms with Gasteiger partial charge < -0.3 is 13.7 Å². The Morgan fingerprint density at radius 1 is 0.327 bits per heavy atom. The van der Waals surface area contributed by atoms with Gasteiger partial charge in [-0.3, -0.25) is 0 Å². The highest BCUT2D eigenvalue weighted by molar-refractivity contribution is 6.13. The summed E-state index contributed by atoms with van der Waals surface area (Å²) in [6.07, 6.45) is 0. The molecule has 0 N–H and O–H groups in total. The predicted octanol–water partition coefficient (Wildman–Crippen LogP) is 15.1. The highest BCUT2D eigenvalue weighted by Crippen LogP contribution is 2.45. The summed E-state index contributed by atoms with van der Waals surface area (Å²) in [5.74, 6) is 0. The monoisotopic (exact) mass is 703 g/mol. The molecule has 2 heterocycles. The fourth-order valence-electron chi connectivity index (χ4n) is 8.34. The molecule has 0 saturated heterocycles. The zero-order chi connectivity index (χ0) is 36.3. The summed E-state index contributed by atoms with van der Waals surface area (Å²) in [6.45, 7) is 0. The number of furan rings is 2.